The maximum Gasteiger partial charge on any atom is 0.343 e. The summed E-state index contributed by atoms with van der Waals surface area (Å²) in [5, 5.41) is 1.52. The van der Waals surface area contributed by atoms with Crippen LogP contribution in [0.25, 0.3) is 5.76 Å². The van der Waals surface area contributed by atoms with Gasteiger partial charge in [0.2, 0.25) is 0 Å². The number of hydrogen-bond acceptors (Lipinski definition) is 4. The first-order valence-corrected chi connectivity index (χ1v) is 10.3. The van der Waals surface area contributed by atoms with Crippen LogP contribution in [-0.2, 0) is 4.74 Å². The van der Waals surface area contributed by atoms with Crippen LogP contribution < -0.4 is 0 Å². The van der Waals surface area contributed by atoms with Gasteiger partial charge in [-0.1, -0.05) is 34.8 Å². The summed E-state index contributed by atoms with van der Waals surface area (Å²) in [6.45, 7) is 0. The summed E-state index contributed by atoms with van der Waals surface area (Å²) in [6, 6.07) is 11.5. The number of esters is 1. The third-order valence-electron chi connectivity index (χ3n) is 3.00. The molecule has 0 aromatic heterocycles. The minimum Gasteiger partial charge on any atom is -0.420 e. The molecule has 0 spiro atoms. The molecule has 24 heavy (non-hydrogen) atoms. The molecule has 2 rings (SSSR count). The van der Waals surface area contributed by atoms with Crippen molar-refractivity contribution in [1.82, 2.24) is 0 Å². The zero-order valence-electron chi connectivity index (χ0n) is 12.8. The van der Waals surface area contributed by atoms with E-state index in [9.17, 15) is 4.79 Å². The van der Waals surface area contributed by atoms with E-state index in [1.165, 1.54) is 23.5 Å². The monoisotopic (exact) mass is 418 g/mol. The fourth-order valence-corrected chi connectivity index (χ4v) is 3.73. The third kappa shape index (κ3) is 4.87. The molecular weight excluding hydrogens is 407 g/mol. The minimum absolute atomic E-state index is 0.391. The van der Waals surface area contributed by atoms with Crippen molar-refractivity contribution in [3.63, 3.8) is 0 Å². The Bertz CT molecular complexity index is 768. The second kappa shape index (κ2) is 9.07. The SMILES string of the molecule is CSC(SC)=C(OC(=O)c1ccc(Cl)cc1)c1cc(Cl)ccc1Cl. The predicted octanol–water partition coefficient (Wildman–Crippen LogP) is 6.86. The molecule has 0 saturated carbocycles. The molecule has 0 atom stereocenters. The van der Waals surface area contributed by atoms with Gasteiger partial charge >= 0.3 is 5.97 Å². The fraction of sp³-hybridized carbons (Fsp3) is 0.118. The van der Waals surface area contributed by atoms with Gasteiger partial charge in [0.05, 0.1) is 14.8 Å². The first-order chi connectivity index (χ1) is 11.5. The highest BCUT2D eigenvalue weighted by molar-refractivity contribution is 8.21. The van der Waals surface area contributed by atoms with Crippen molar-refractivity contribution in [3.8, 4) is 0 Å². The van der Waals surface area contributed by atoms with Crippen LogP contribution in [0.4, 0.5) is 0 Å². The summed E-state index contributed by atoms with van der Waals surface area (Å²) >= 11 is 21.1. The van der Waals surface area contributed by atoms with Crippen LogP contribution in [0.15, 0.2) is 46.7 Å². The van der Waals surface area contributed by atoms with Gasteiger partial charge in [-0.05, 0) is 55.0 Å². The fourth-order valence-electron chi connectivity index (χ4n) is 1.88. The number of benzene rings is 2. The molecule has 2 aromatic rings. The molecule has 2 nitrogen and oxygen atoms in total. The lowest BCUT2D eigenvalue weighted by Gasteiger charge is -2.14. The number of rotatable bonds is 5. The molecule has 126 valence electrons. The van der Waals surface area contributed by atoms with Crippen LogP contribution >= 0.6 is 58.3 Å². The molecule has 0 radical (unpaired) electrons. The third-order valence-corrected chi connectivity index (χ3v) is 5.93. The molecule has 2 aromatic carbocycles. The van der Waals surface area contributed by atoms with Crippen LogP contribution in [0.3, 0.4) is 0 Å². The molecule has 0 aliphatic rings. The van der Waals surface area contributed by atoms with Crippen molar-refractivity contribution in [2.45, 2.75) is 0 Å². The Morgan fingerprint density at radius 2 is 1.50 bits per heavy atom. The maximum atomic E-state index is 12.5. The molecular formula is C17H13Cl3O2S2. The lowest BCUT2D eigenvalue weighted by atomic mass is 10.2. The van der Waals surface area contributed by atoms with Crippen LogP contribution in [0.1, 0.15) is 15.9 Å². The summed E-state index contributed by atoms with van der Waals surface area (Å²) < 4.78 is 6.48. The molecule has 7 heteroatoms. The molecule has 0 fully saturated rings. The van der Waals surface area contributed by atoms with Crippen molar-refractivity contribution in [1.29, 1.82) is 0 Å². The molecule has 0 amide bonds. The second-order valence-electron chi connectivity index (χ2n) is 4.55. The number of hydrogen-bond donors (Lipinski definition) is 0. The van der Waals surface area contributed by atoms with Crippen molar-refractivity contribution >= 4 is 70.1 Å². The quantitative estimate of drug-likeness (QED) is 0.391. The summed E-state index contributed by atoms with van der Waals surface area (Å²) in [4.78, 5) is 12.5. The van der Waals surface area contributed by atoms with Crippen LogP contribution in [0.5, 0.6) is 0 Å². The van der Waals surface area contributed by atoms with Crippen molar-refractivity contribution in [3.05, 3.63) is 72.9 Å². The van der Waals surface area contributed by atoms with Gasteiger partial charge in [0, 0.05) is 15.6 Å². The number of ether oxygens (including phenoxy) is 1. The lowest BCUT2D eigenvalue weighted by Crippen LogP contribution is -2.06. The predicted molar refractivity (Wildman–Crippen MR) is 107 cm³/mol. The van der Waals surface area contributed by atoms with Gasteiger partial charge in [0.25, 0.3) is 0 Å². The van der Waals surface area contributed by atoms with Gasteiger partial charge < -0.3 is 4.74 Å². The molecule has 0 N–H and O–H groups in total. The number of carbonyl (C=O) groups is 1. The van der Waals surface area contributed by atoms with Gasteiger partial charge in [0.15, 0.2) is 5.76 Å². The Hall–Kier alpha value is -0.780. The normalized spacial score (nSPS) is 10.4. The minimum atomic E-state index is -0.488. The van der Waals surface area contributed by atoms with Crippen molar-refractivity contribution < 1.29 is 9.53 Å². The standard InChI is InChI=1S/C17H13Cl3O2S2/c1-23-17(24-2)15(13-9-12(19)7-8-14(13)20)22-16(21)10-3-5-11(18)6-4-10/h3-9H,1-2H3. The summed E-state index contributed by atoms with van der Waals surface area (Å²) in [7, 11) is 0. The van der Waals surface area contributed by atoms with E-state index in [-0.39, 0.29) is 0 Å². The highest BCUT2D eigenvalue weighted by atomic mass is 35.5. The summed E-state index contributed by atoms with van der Waals surface area (Å²) in [5.74, 6) is -0.0965. The van der Waals surface area contributed by atoms with E-state index in [4.69, 9.17) is 39.5 Å². The largest absolute Gasteiger partial charge is 0.420 e. The highest BCUT2D eigenvalue weighted by Crippen LogP contribution is 2.38. The van der Waals surface area contributed by atoms with Gasteiger partial charge in [0.1, 0.15) is 0 Å². The number of halogens is 3. The number of thioether (sulfide) groups is 2. The Morgan fingerprint density at radius 3 is 2.08 bits per heavy atom. The average molecular weight is 420 g/mol. The Kier molecular flexibility index (Phi) is 7.38. The van der Waals surface area contributed by atoms with E-state index in [1.54, 1.807) is 42.5 Å². The van der Waals surface area contributed by atoms with Gasteiger partial charge in [-0.3, -0.25) is 0 Å². The van der Waals surface area contributed by atoms with E-state index in [2.05, 4.69) is 0 Å². The zero-order valence-corrected chi connectivity index (χ0v) is 16.7. The molecule has 0 bridgehead atoms. The van der Waals surface area contributed by atoms with Gasteiger partial charge in [-0.2, -0.15) is 0 Å². The molecule has 0 heterocycles. The zero-order chi connectivity index (χ0) is 17.7. The van der Waals surface area contributed by atoms with Crippen LogP contribution in [0, 0.1) is 0 Å². The maximum absolute atomic E-state index is 12.5. The van der Waals surface area contributed by atoms with E-state index in [0.29, 0.717) is 32.0 Å². The molecule has 0 aliphatic heterocycles. The molecule has 0 aliphatic carbocycles. The number of carbonyl (C=O) groups excluding carboxylic acids is 1. The Labute approximate surface area is 164 Å². The van der Waals surface area contributed by atoms with Crippen LogP contribution in [-0.4, -0.2) is 18.5 Å². The Balaban J connectivity index is 2.45. The average Bonchev–Trinajstić information content (AvgIpc) is 2.57. The summed E-state index contributed by atoms with van der Waals surface area (Å²) in [6.07, 6.45) is 3.81. The first kappa shape index (κ1) is 19.5. The van der Waals surface area contributed by atoms with Crippen molar-refractivity contribution in [2.75, 3.05) is 12.5 Å². The highest BCUT2D eigenvalue weighted by Gasteiger charge is 2.19. The topological polar surface area (TPSA) is 26.3 Å². The van der Waals surface area contributed by atoms with Crippen molar-refractivity contribution in [2.24, 2.45) is 0 Å². The van der Waals surface area contributed by atoms with Gasteiger partial charge in [-0.25, -0.2) is 4.79 Å². The lowest BCUT2D eigenvalue weighted by molar-refractivity contribution is 0.0692. The second-order valence-corrected chi connectivity index (χ2v) is 7.72. The van der Waals surface area contributed by atoms with E-state index in [0.717, 1.165) is 4.24 Å². The molecule has 0 unspecified atom stereocenters. The van der Waals surface area contributed by atoms with E-state index >= 15 is 0 Å². The van der Waals surface area contributed by atoms with E-state index < -0.39 is 5.97 Å². The smallest absolute Gasteiger partial charge is 0.343 e. The summed E-state index contributed by atoms with van der Waals surface area (Å²) in [5.41, 5.74) is 0.974. The Morgan fingerprint density at radius 1 is 0.917 bits per heavy atom. The molecule has 0 saturated heterocycles. The van der Waals surface area contributed by atoms with Crippen LogP contribution in [0.2, 0.25) is 15.1 Å². The van der Waals surface area contributed by atoms with E-state index in [1.807, 2.05) is 12.5 Å². The van der Waals surface area contributed by atoms with Gasteiger partial charge in [-0.15, -0.1) is 23.5 Å². The first-order valence-electron chi connectivity index (χ1n) is 6.71.